The Balaban J connectivity index is 1.31. The third-order valence-corrected chi connectivity index (χ3v) is 5.01. The topological polar surface area (TPSA) is 61.5 Å². The highest BCUT2D eigenvalue weighted by Gasteiger charge is 2.23. The van der Waals surface area contributed by atoms with Crippen molar-refractivity contribution in [1.29, 1.82) is 0 Å². The van der Waals surface area contributed by atoms with E-state index in [0.29, 0.717) is 18.8 Å². The number of H-pyrrole nitrogens is 1. The molecule has 0 aliphatic carbocycles. The van der Waals surface area contributed by atoms with E-state index in [4.69, 9.17) is 4.74 Å². The fourth-order valence-corrected chi connectivity index (χ4v) is 3.29. The summed E-state index contributed by atoms with van der Waals surface area (Å²) in [6.45, 7) is 2.90. The summed E-state index contributed by atoms with van der Waals surface area (Å²) in [5, 5.41) is 0. The zero-order valence-corrected chi connectivity index (χ0v) is 15.8. The van der Waals surface area contributed by atoms with E-state index in [1.54, 1.807) is 0 Å². The molecule has 2 aromatic carbocycles. The molecule has 0 atom stereocenters. The highest BCUT2D eigenvalue weighted by molar-refractivity contribution is 9.10. The number of piperazine rings is 1. The largest absolute Gasteiger partial charge is 0.484 e. The number of hydrogen-bond donors (Lipinski definition) is 1. The number of amides is 1. The van der Waals surface area contributed by atoms with Crippen LogP contribution in [0.4, 0.5) is 5.95 Å². The minimum atomic E-state index is 0.0113. The first kappa shape index (κ1) is 16.9. The van der Waals surface area contributed by atoms with Crippen molar-refractivity contribution in [2.75, 3.05) is 37.7 Å². The number of carbonyl (C=O) groups is 1. The van der Waals surface area contributed by atoms with Crippen molar-refractivity contribution in [2.45, 2.75) is 0 Å². The lowest BCUT2D eigenvalue weighted by Gasteiger charge is -2.34. The van der Waals surface area contributed by atoms with Gasteiger partial charge in [0.15, 0.2) is 6.61 Å². The quantitative estimate of drug-likeness (QED) is 0.712. The normalized spacial score (nSPS) is 14.7. The van der Waals surface area contributed by atoms with Gasteiger partial charge in [0.1, 0.15) is 5.75 Å². The zero-order valence-electron chi connectivity index (χ0n) is 14.2. The van der Waals surface area contributed by atoms with Gasteiger partial charge in [-0.25, -0.2) is 4.98 Å². The molecule has 1 saturated heterocycles. The third-order valence-electron chi connectivity index (χ3n) is 4.48. The molecule has 0 spiro atoms. The first-order valence-electron chi connectivity index (χ1n) is 8.55. The number of ether oxygens (including phenoxy) is 1. The summed E-state index contributed by atoms with van der Waals surface area (Å²) >= 11 is 3.38. The molecule has 1 amide bonds. The van der Waals surface area contributed by atoms with Gasteiger partial charge in [-0.1, -0.05) is 28.1 Å². The summed E-state index contributed by atoms with van der Waals surface area (Å²) in [7, 11) is 0. The Kier molecular flexibility index (Phi) is 4.79. The molecule has 1 aliphatic heterocycles. The van der Waals surface area contributed by atoms with Crippen molar-refractivity contribution < 1.29 is 9.53 Å². The van der Waals surface area contributed by atoms with Crippen LogP contribution in [0.1, 0.15) is 0 Å². The van der Waals surface area contributed by atoms with Crippen molar-refractivity contribution in [1.82, 2.24) is 14.9 Å². The second kappa shape index (κ2) is 7.37. The highest BCUT2D eigenvalue weighted by Crippen LogP contribution is 2.19. The maximum atomic E-state index is 12.4. The summed E-state index contributed by atoms with van der Waals surface area (Å²) in [6, 6.07) is 15.5. The molecule has 0 unspecified atom stereocenters. The second-order valence-corrected chi connectivity index (χ2v) is 7.10. The van der Waals surface area contributed by atoms with Crippen molar-refractivity contribution >= 4 is 38.8 Å². The van der Waals surface area contributed by atoms with Crippen LogP contribution in [0.2, 0.25) is 0 Å². The number of benzene rings is 2. The third kappa shape index (κ3) is 3.67. The standard InChI is InChI=1S/C19H19BrN4O2/c20-14-5-7-15(8-6-14)26-13-18(25)23-9-11-24(12-10-23)19-21-16-3-1-2-4-17(16)22-19/h1-8H,9-13H2,(H,21,22). The van der Waals surface area contributed by atoms with E-state index in [9.17, 15) is 4.79 Å². The van der Waals surface area contributed by atoms with Crippen LogP contribution < -0.4 is 9.64 Å². The number of imidazole rings is 1. The van der Waals surface area contributed by atoms with E-state index in [0.717, 1.165) is 34.5 Å². The summed E-state index contributed by atoms with van der Waals surface area (Å²) in [6.07, 6.45) is 0. The van der Waals surface area contributed by atoms with Gasteiger partial charge in [-0.2, -0.15) is 0 Å². The van der Waals surface area contributed by atoms with Gasteiger partial charge in [-0.05, 0) is 36.4 Å². The van der Waals surface area contributed by atoms with Gasteiger partial charge in [0.25, 0.3) is 5.91 Å². The molecule has 0 radical (unpaired) electrons. The van der Waals surface area contributed by atoms with Crippen LogP contribution in [0.5, 0.6) is 5.75 Å². The van der Waals surface area contributed by atoms with Crippen LogP contribution in [0, 0.1) is 0 Å². The van der Waals surface area contributed by atoms with Crippen molar-refractivity contribution in [2.24, 2.45) is 0 Å². The number of halogens is 1. The molecule has 4 rings (SSSR count). The van der Waals surface area contributed by atoms with E-state index >= 15 is 0 Å². The molecule has 1 aromatic heterocycles. The van der Waals surface area contributed by atoms with Gasteiger partial charge in [-0.3, -0.25) is 4.79 Å². The van der Waals surface area contributed by atoms with Gasteiger partial charge in [0.05, 0.1) is 11.0 Å². The van der Waals surface area contributed by atoms with E-state index in [1.807, 2.05) is 53.4 Å². The molecular formula is C19H19BrN4O2. The molecule has 7 heteroatoms. The number of nitrogens with zero attached hydrogens (tertiary/aromatic N) is 3. The molecule has 0 bridgehead atoms. The minimum absolute atomic E-state index is 0.0113. The van der Waals surface area contributed by atoms with E-state index in [1.165, 1.54) is 0 Å². The Labute approximate surface area is 159 Å². The Morgan fingerprint density at radius 3 is 2.54 bits per heavy atom. The first-order chi connectivity index (χ1) is 12.7. The van der Waals surface area contributed by atoms with Gasteiger partial charge in [-0.15, -0.1) is 0 Å². The lowest BCUT2D eigenvalue weighted by atomic mass is 10.3. The predicted molar refractivity (Wildman–Crippen MR) is 105 cm³/mol. The summed E-state index contributed by atoms with van der Waals surface area (Å²) in [4.78, 5) is 24.4. The van der Waals surface area contributed by atoms with Crippen LogP contribution in [0.15, 0.2) is 53.0 Å². The van der Waals surface area contributed by atoms with Crippen LogP contribution in [-0.2, 0) is 4.79 Å². The minimum Gasteiger partial charge on any atom is -0.484 e. The van der Waals surface area contributed by atoms with Gasteiger partial charge in [0, 0.05) is 30.7 Å². The highest BCUT2D eigenvalue weighted by atomic mass is 79.9. The number of carbonyl (C=O) groups excluding carboxylic acids is 1. The molecule has 1 fully saturated rings. The molecule has 1 N–H and O–H groups in total. The van der Waals surface area contributed by atoms with Crippen LogP contribution in [-0.4, -0.2) is 53.6 Å². The zero-order chi connectivity index (χ0) is 17.9. The molecule has 1 aliphatic rings. The number of aromatic amines is 1. The number of anilines is 1. The van der Waals surface area contributed by atoms with Crippen LogP contribution in [0.3, 0.4) is 0 Å². The van der Waals surface area contributed by atoms with Crippen LogP contribution in [0.25, 0.3) is 11.0 Å². The number of aromatic nitrogens is 2. The van der Waals surface area contributed by atoms with Crippen LogP contribution >= 0.6 is 15.9 Å². The predicted octanol–water partition coefficient (Wildman–Crippen LogP) is 3.05. The average Bonchev–Trinajstić information content (AvgIpc) is 3.12. The maximum Gasteiger partial charge on any atom is 0.260 e. The smallest absolute Gasteiger partial charge is 0.260 e. The number of nitrogens with one attached hydrogen (secondary N) is 1. The van der Waals surface area contributed by atoms with Gasteiger partial charge >= 0.3 is 0 Å². The molecule has 3 aromatic rings. The molecule has 134 valence electrons. The summed E-state index contributed by atoms with van der Waals surface area (Å²) < 4.78 is 6.57. The fraction of sp³-hybridized carbons (Fsp3) is 0.263. The molecule has 0 saturated carbocycles. The average molecular weight is 415 g/mol. The number of rotatable bonds is 4. The Morgan fingerprint density at radius 2 is 1.81 bits per heavy atom. The SMILES string of the molecule is O=C(COc1ccc(Br)cc1)N1CCN(c2nc3ccccc3[nH]2)CC1. The number of fused-ring (bicyclic) bond motifs is 1. The first-order valence-corrected chi connectivity index (χ1v) is 9.34. The lowest BCUT2D eigenvalue weighted by molar-refractivity contribution is -0.133. The number of para-hydroxylation sites is 2. The Bertz CT molecular complexity index is 868. The monoisotopic (exact) mass is 414 g/mol. The van der Waals surface area contributed by atoms with Crippen molar-refractivity contribution in [3.8, 4) is 5.75 Å². The molecule has 2 heterocycles. The van der Waals surface area contributed by atoms with E-state index < -0.39 is 0 Å². The summed E-state index contributed by atoms with van der Waals surface area (Å²) in [5.74, 6) is 1.57. The number of hydrogen-bond acceptors (Lipinski definition) is 4. The fourth-order valence-electron chi connectivity index (χ4n) is 3.02. The van der Waals surface area contributed by atoms with Gasteiger partial charge < -0.3 is 19.5 Å². The van der Waals surface area contributed by atoms with E-state index in [-0.39, 0.29) is 12.5 Å². The van der Waals surface area contributed by atoms with Gasteiger partial charge in [0.2, 0.25) is 5.95 Å². The van der Waals surface area contributed by atoms with Crippen molar-refractivity contribution in [3.63, 3.8) is 0 Å². The summed E-state index contributed by atoms with van der Waals surface area (Å²) in [5.41, 5.74) is 1.99. The van der Waals surface area contributed by atoms with E-state index in [2.05, 4.69) is 30.8 Å². The molecular weight excluding hydrogens is 396 g/mol. The lowest BCUT2D eigenvalue weighted by Crippen LogP contribution is -2.50. The Hall–Kier alpha value is -2.54. The molecule has 6 nitrogen and oxygen atoms in total. The second-order valence-electron chi connectivity index (χ2n) is 6.19. The maximum absolute atomic E-state index is 12.4. The molecule has 26 heavy (non-hydrogen) atoms. The van der Waals surface area contributed by atoms with Crippen molar-refractivity contribution in [3.05, 3.63) is 53.0 Å². The Morgan fingerprint density at radius 1 is 1.08 bits per heavy atom.